The van der Waals surface area contributed by atoms with Crippen molar-refractivity contribution in [2.75, 3.05) is 24.0 Å². The smallest absolute Gasteiger partial charge is 0.265 e. The highest BCUT2D eigenvalue weighted by molar-refractivity contribution is 6.37. The summed E-state index contributed by atoms with van der Waals surface area (Å²) in [6.07, 6.45) is 0. The van der Waals surface area contributed by atoms with Gasteiger partial charge in [0.05, 0.1) is 25.6 Å². The number of amides is 4. The van der Waals surface area contributed by atoms with E-state index in [9.17, 15) is 19.2 Å². The molecule has 6 aromatic rings. The molecular formula is C38H24N2O6. The molecule has 0 saturated heterocycles. The van der Waals surface area contributed by atoms with Crippen molar-refractivity contribution in [3.8, 4) is 22.6 Å². The van der Waals surface area contributed by atoms with Gasteiger partial charge in [0, 0.05) is 43.8 Å². The molecule has 0 radical (unpaired) electrons. The number of carbonyl (C=O) groups excluding carboxylic acids is 4. The van der Waals surface area contributed by atoms with Crippen LogP contribution in [0.3, 0.4) is 0 Å². The minimum Gasteiger partial charge on any atom is -0.496 e. The Bertz CT molecular complexity index is 2100. The highest BCUT2D eigenvalue weighted by Gasteiger charge is 2.36. The zero-order valence-corrected chi connectivity index (χ0v) is 24.7. The Balaban J connectivity index is 1.08. The summed E-state index contributed by atoms with van der Waals surface area (Å²) >= 11 is 0. The van der Waals surface area contributed by atoms with Crippen molar-refractivity contribution in [3.63, 3.8) is 0 Å². The van der Waals surface area contributed by atoms with Crippen LogP contribution in [0.5, 0.6) is 11.5 Å². The van der Waals surface area contributed by atoms with Gasteiger partial charge in [0.15, 0.2) is 0 Å². The number of carbonyl (C=O) groups is 4. The maximum absolute atomic E-state index is 13.6. The molecule has 0 fully saturated rings. The lowest BCUT2D eigenvalue weighted by Gasteiger charge is -2.28. The van der Waals surface area contributed by atoms with Crippen molar-refractivity contribution < 1.29 is 28.7 Å². The lowest BCUT2D eigenvalue weighted by molar-refractivity contribution is 0.0877. The molecular weight excluding hydrogens is 580 g/mol. The SMILES string of the molecule is COc1ccc2c3c(cccc13)C(=O)N(c1ccc(-c3ccc(N4C(=O)c5cccc6c(OC)ccc(c56)C4=O)cc3)cc1)C2=O. The van der Waals surface area contributed by atoms with E-state index in [1.807, 2.05) is 36.4 Å². The normalized spacial score (nSPS) is 14.0. The molecule has 8 heteroatoms. The van der Waals surface area contributed by atoms with Gasteiger partial charge in [-0.2, -0.15) is 0 Å². The molecule has 0 aliphatic carbocycles. The molecule has 0 N–H and O–H groups in total. The van der Waals surface area contributed by atoms with Gasteiger partial charge < -0.3 is 9.47 Å². The summed E-state index contributed by atoms with van der Waals surface area (Å²) in [7, 11) is 3.11. The van der Waals surface area contributed by atoms with E-state index in [4.69, 9.17) is 9.47 Å². The Morgan fingerprint density at radius 1 is 0.413 bits per heavy atom. The van der Waals surface area contributed by atoms with Gasteiger partial charge in [0.2, 0.25) is 0 Å². The van der Waals surface area contributed by atoms with E-state index in [-0.39, 0.29) is 0 Å². The molecule has 8 nitrogen and oxygen atoms in total. The molecule has 2 heterocycles. The number of ether oxygens (including phenoxy) is 2. The summed E-state index contributed by atoms with van der Waals surface area (Å²) in [5.41, 5.74) is 4.30. The quantitative estimate of drug-likeness (QED) is 0.192. The van der Waals surface area contributed by atoms with Crippen LogP contribution in [0.25, 0.3) is 32.7 Å². The fraction of sp³-hybridized carbons (Fsp3) is 0.0526. The fourth-order valence-electron chi connectivity index (χ4n) is 6.57. The summed E-state index contributed by atoms with van der Waals surface area (Å²) in [5, 5.41) is 2.62. The Morgan fingerprint density at radius 2 is 0.761 bits per heavy atom. The first kappa shape index (κ1) is 27.3. The van der Waals surface area contributed by atoms with Crippen LogP contribution in [0.1, 0.15) is 41.4 Å². The molecule has 2 aliphatic heterocycles. The Hall–Kier alpha value is -6.28. The number of hydrogen-bond donors (Lipinski definition) is 0. The molecule has 46 heavy (non-hydrogen) atoms. The molecule has 0 unspecified atom stereocenters. The largest absolute Gasteiger partial charge is 0.496 e. The third-order valence-corrected chi connectivity index (χ3v) is 8.76. The van der Waals surface area contributed by atoms with E-state index in [1.165, 1.54) is 9.80 Å². The lowest BCUT2D eigenvalue weighted by atomic mass is 9.92. The topological polar surface area (TPSA) is 93.2 Å². The van der Waals surface area contributed by atoms with Crippen molar-refractivity contribution in [2.24, 2.45) is 0 Å². The molecule has 2 aliphatic rings. The van der Waals surface area contributed by atoms with E-state index >= 15 is 0 Å². The average molecular weight is 605 g/mol. The highest BCUT2D eigenvalue weighted by atomic mass is 16.5. The first-order valence-electron chi connectivity index (χ1n) is 14.6. The van der Waals surface area contributed by atoms with Crippen LogP contribution in [-0.2, 0) is 0 Å². The molecule has 8 rings (SSSR count). The van der Waals surface area contributed by atoms with Crippen LogP contribution in [0.2, 0.25) is 0 Å². The summed E-state index contributed by atoms with van der Waals surface area (Å²) in [6, 6.07) is 31.8. The van der Waals surface area contributed by atoms with Crippen molar-refractivity contribution in [1.29, 1.82) is 0 Å². The molecule has 6 aromatic carbocycles. The number of hydrogen-bond acceptors (Lipinski definition) is 6. The zero-order chi connectivity index (χ0) is 31.7. The number of imide groups is 2. The standard InChI is InChI=1S/C38H24N2O6/c1-45-31-19-17-29-33-25(31)5-3-7-27(33)35(41)39(37(29)43)23-13-9-21(10-14-23)22-11-15-24(16-12-22)40-36(42)28-8-4-6-26-32(46-2)20-18-30(34(26)28)38(40)44/h3-20H,1-2H3. The number of methoxy groups -OCH3 is 2. The van der Waals surface area contributed by atoms with Gasteiger partial charge in [-0.1, -0.05) is 48.5 Å². The molecule has 0 atom stereocenters. The number of nitrogens with zero attached hydrogens (tertiary/aromatic N) is 2. The molecule has 4 amide bonds. The second-order valence-corrected chi connectivity index (χ2v) is 11.1. The van der Waals surface area contributed by atoms with Crippen LogP contribution >= 0.6 is 0 Å². The lowest BCUT2D eigenvalue weighted by Crippen LogP contribution is -2.40. The van der Waals surface area contributed by atoms with Gasteiger partial charge in [-0.25, -0.2) is 9.80 Å². The van der Waals surface area contributed by atoms with Gasteiger partial charge in [-0.15, -0.1) is 0 Å². The Labute approximate surface area is 263 Å². The minimum atomic E-state index is -0.403. The van der Waals surface area contributed by atoms with Crippen LogP contribution in [-0.4, -0.2) is 37.8 Å². The summed E-state index contributed by atoms with van der Waals surface area (Å²) in [4.78, 5) is 56.7. The summed E-state index contributed by atoms with van der Waals surface area (Å²) < 4.78 is 10.9. The number of rotatable bonds is 5. The summed E-state index contributed by atoms with van der Waals surface area (Å²) in [5.74, 6) is -0.413. The second-order valence-electron chi connectivity index (χ2n) is 11.1. The van der Waals surface area contributed by atoms with Crippen molar-refractivity contribution in [2.45, 2.75) is 0 Å². The first-order chi connectivity index (χ1) is 22.4. The molecule has 0 bridgehead atoms. The third kappa shape index (κ3) is 3.80. The minimum absolute atomic E-state index is 0.403. The van der Waals surface area contributed by atoms with Crippen LogP contribution < -0.4 is 19.3 Å². The Morgan fingerprint density at radius 3 is 1.11 bits per heavy atom. The number of benzene rings is 6. The molecule has 0 aromatic heterocycles. The van der Waals surface area contributed by atoms with Crippen LogP contribution in [0.15, 0.2) is 109 Å². The average Bonchev–Trinajstić information content (AvgIpc) is 3.09. The van der Waals surface area contributed by atoms with E-state index in [1.54, 1.807) is 87.0 Å². The maximum Gasteiger partial charge on any atom is 0.265 e. The van der Waals surface area contributed by atoms with Gasteiger partial charge >= 0.3 is 0 Å². The molecule has 0 saturated carbocycles. The van der Waals surface area contributed by atoms with Crippen molar-refractivity contribution in [1.82, 2.24) is 0 Å². The molecule has 222 valence electrons. The highest BCUT2D eigenvalue weighted by Crippen LogP contribution is 2.39. The predicted octanol–water partition coefficient (Wildman–Crippen LogP) is 7.28. The predicted molar refractivity (Wildman–Crippen MR) is 175 cm³/mol. The van der Waals surface area contributed by atoms with Gasteiger partial charge in [-0.3, -0.25) is 19.2 Å². The van der Waals surface area contributed by atoms with E-state index in [0.29, 0.717) is 66.7 Å². The van der Waals surface area contributed by atoms with E-state index < -0.39 is 23.6 Å². The van der Waals surface area contributed by atoms with Gasteiger partial charge in [-0.05, 0) is 71.8 Å². The van der Waals surface area contributed by atoms with Gasteiger partial charge in [0.1, 0.15) is 11.5 Å². The van der Waals surface area contributed by atoms with Crippen LogP contribution in [0.4, 0.5) is 11.4 Å². The second kappa shape index (κ2) is 10.1. The van der Waals surface area contributed by atoms with Crippen LogP contribution in [0, 0.1) is 0 Å². The monoisotopic (exact) mass is 604 g/mol. The maximum atomic E-state index is 13.6. The summed E-state index contributed by atoms with van der Waals surface area (Å²) in [6.45, 7) is 0. The van der Waals surface area contributed by atoms with Gasteiger partial charge in [0.25, 0.3) is 23.6 Å². The number of anilines is 2. The third-order valence-electron chi connectivity index (χ3n) is 8.76. The van der Waals surface area contributed by atoms with Crippen molar-refractivity contribution >= 4 is 56.5 Å². The van der Waals surface area contributed by atoms with Crippen molar-refractivity contribution in [3.05, 3.63) is 131 Å². The molecule has 0 spiro atoms. The fourth-order valence-corrected chi connectivity index (χ4v) is 6.57. The first-order valence-corrected chi connectivity index (χ1v) is 14.6. The van der Waals surface area contributed by atoms with E-state index in [2.05, 4.69) is 0 Å². The van der Waals surface area contributed by atoms with E-state index in [0.717, 1.165) is 11.1 Å². The Kier molecular flexibility index (Phi) is 6.01. The zero-order valence-electron chi connectivity index (χ0n) is 24.7.